The summed E-state index contributed by atoms with van der Waals surface area (Å²) < 4.78 is 15.0. The highest BCUT2D eigenvalue weighted by atomic mass is 19.1. The third-order valence-corrected chi connectivity index (χ3v) is 5.12. The molecule has 1 unspecified atom stereocenters. The minimum atomic E-state index is -0.709. The number of hydrogen-bond acceptors (Lipinski definition) is 2. The van der Waals surface area contributed by atoms with Crippen molar-refractivity contribution in [3.63, 3.8) is 0 Å². The van der Waals surface area contributed by atoms with Crippen LogP contribution in [-0.2, 0) is 4.79 Å². The Hall–Kier alpha value is -2.95. The van der Waals surface area contributed by atoms with Crippen LogP contribution in [0, 0.1) is 11.2 Å². The molecule has 0 spiro atoms. The summed E-state index contributed by atoms with van der Waals surface area (Å²) in [6.45, 7) is 9.70. The van der Waals surface area contributed by atoms with Crippen LogP contribution in [0.15, 0.2) is 60.8 Å². The molecule has 1 aromatic heterocycles. The fourth-order valence-electron chi connectivity index (χ4n) is 3.37. The van der Waals surface area contributed by atoms with Crippen molar-refractivity contribution >= 4 is 16.8 Å². The molecular formula is C22H24FN3O. The highest BCUT2D eigenvalue weighted by Crippen LogP contribution is 2.40. The molecule has 0 radical (unpaired) electrons. The van der Waals surface area contributed by atoms with Gasteiger partial charge in [-0.1, -0.05) is 25.5 Å². The average Bonchev–Trinajstić information content (AvgIpc) is 3.03. The molecule has 2 aromatic carbocycles. The van der Waals surface area contributed by atoms with E-state index in [1.165, 1.54) is 12.1 Å². The molecule has 5 heteroatoms. The van der Waals surface area contributed by atoms with Crippen molar-refractivity contribution in [2.24, 2.45) is 11.1 Å². The van der Waals surface area contributed by atoms with Gasteiger partial charge in [-0.05, 0) is 55.3 Å². The lowest BCUT2D eigenvalue weighted by molar-refractivity contribution is -0.127. The predicted molar refractivity (Wildman–Crippen MR) is 106 cm³/mol. The summed E-state index contributed by atoms with van der Waals surface area (Å²) in [7, 11) is 0. The van der Waals surface area contributed by atoms with E-state index in [1.54, 1.807) is 23.0 Å². The zero-order chi connectivity index (χ0) is 19.8. The van der Waals surface area contributed by atoms with Gasteiger partial charge in [0.1, 0.15) is 5.82 Å². The van der Waals surface area contributed by atoms with E-state index >= 15 is 0 Å². The topological polar surface area (TPSA) is 60.9 Å². The first-order valence-corrected chi connectivity index (χ1v) is 8.88. The van der Waals surface area contributed by atoms with Crippen molar-refractivity contribution in [2.75, 3.05) is 0 Å². The third-order valence-electron chi connectivity index (χ3n) is 5.12. The molecular weight excluding hydrogens is 341 g/mol. The molecule has 0 saturated heterocycles. The molecule has 0 bridgehead atoms. The van der Waals surface area contributed by atoms with E-state index in [1.807, 2.05) is 39.0 Å². The highest BCUT2D eigenvalue weighted by molar-refractivity contribution is 5.83. The number of amides is 1. The predicted octanol–water partition coefficient (Wildman–Crippen LogP) is 4.73. The van der Waals surface area contributed by atoms with Gasteiger partial charge in [-0.2, -0.15) is 5.10 Å². The van der Waals surface area contributed by atoms with Crippen LogP contribution in [0.1, 0.15) is 38.7 Å². The first kappa shape index (κ1) is 18.8. The quantitative estimate of drug-likeness (QED) is 0.642. The maximum atomic E-state index is 13.2. The van der Waals surface area contributed by atoms with E-state index in [0.717, 1.165) is 27.7 Å². The lowest BCUT2D eigenvalue weighted by atomic mass is 9.71. The minimum absolute atomic E-state index is 0.0777. The first-order valence-electron chi connectivity index (χ1n) is 8.88. The number of carbonyl (C=O) groups is 1. The number of allylic oxidation sites excluding steroid dienone is 1. The van der Waals surface area contributed by atoms with E-state index < -0.39 is 5.41 Å². The Balaban J connectivity index is 2.06. The average molecular weight is 365 g/mol. The summed E-state index contributed by atoms with van der Waals surface area (Å²) in [5.41, 5.74) is 8.68. The third kappa shape index (κ3) is 3.63. The standard InChI is InChI=1S/C22H24FN3O/c1-14(2)11-19(22(3,4)21(24)27)15-5-10-20-16(12-15)13-25-26(20)18-8-6-17(23)7-9-18/h5-10,12-13,19H,1,11H2,2-4H3,(H2,24,27). The summed E-state index contributed by atoms with van der Waals surface area (Å²) in [4.78, 5) is 12.0. The Morgan fingerprint density at radius 1 is 1.26 bits per heavy atom. The van der Waals surface area contributed by atoms with Crippen LogP contribution in [0.4, 0.5) is 4.39 Å². The van der Waals surface area contributed by atoms with Gasteiger partial charge < -0.3 is 5.73 Å². The van der Waals surface area contributed by atoms with Gasteiger partial charge in [0.25, 0.3) is 0 Å². The first-order chi connectivity index (χ1) is 12.7. The van der Waals surface area contributed by atoms with Gasteiger partial charge >= 0.3 is 0 Å². The van der Waals surface area contributed by atoms with Gasteiger partial charge in [0.2, 0.25) is 5.91 Å². The molecule has 0 aliphatic rings. The zero-order valence-electron chi connectivity index (χ0n) is 15.9. The lowest BCUT2D eigenvalue weighted by Gasteiger charge is -2.32. The number of carbonyl (C=O) groups excluding carboxylic acids is 1. The van der Waals surface area contributed by atoms with Crippen LogP contribution < -0.4 is 5.73 Å². The Labute approximate surface area is 158 Å². The van der Waals surface area contributed by atoms with Gasteiger partial charge in [-0.15, -0.1) is 6.58 Å². The van der Waals surface area contributed by atoms with Crippen LogP contribution in [-0.4, -0.2) is 15.7 Å². The number of nitrogens with zero attached hydrogens (tertiary/aromatic N) is 2. The molecule has 3 rings (SSSR count). The summed E-state index contributed by atoms with van der Waals surface area (Å²) in [5.74, 6) is -0.698. The summed E-state index contributed by atoms with van der Waals surface area (Å²) in [6.07, 6.45) is 2.45. The van der Waals surface area contributed by atoms with E-state index in [4.69, 9.17) is 5.73 Å². The van der Waals surface area contributed by atoms with Gasteiger partial charge in [0.15, 0.2) is 0 Å². The number of halogens is 1. The minimum Gasteiger partial charge on any atom is -0.369 e. The van der Waals surface area contributed by atoms with E-state index in [9.17, 15) is 9.18 Å². The SMILES string of the molecule is C=C(C)CC(c1ccc2c(cnn2-c2ccc(F)cc2)c1)C(C)(C)C(N)=O. The van der Waals surface area contributed by atoms with Crippen LogP contribution >= 0.6 is 0 Å². The zero-order valence-corrected chi connectivity index (χ0v) is 15.9. The maximum Gasteiger partial charge on any atom is 0.223 e. The largest absolute Gasteiger partial charge is 0.369 e. The molecule has 1 amide bonds. The van der Waals surface area contributed by atoms with Gasteiger partial charge in [0.05, 0.1) is 22.8 Å². The van der Waals surface area contributed by atoms with E-state index in [-0.39, 0.29) is 17.6 Å². The number of benzene rings is 2. The molecule has 4 nitrogen and oxygen atoms in total. The maximum absolute atomic E-state index is 13.2. The van der Waals surface area contributed by atoms with Crippen LogP contribution in [0.5, 0.6) is 0 Å². The summed E-state index contributed by atoms with van der Waals surface area (Å²) in [5, 5.41) is 5.39. The van der Waals surface area contributed by atoms with Crippen molar-refractivity contribution in [1.29, 1.82) is 0 Å². The second-order valence-corrected chi connectivity index (χ2v) is 7.65. The van der Waals surface area contributed by atoms with Gasteiger partial charge in [-0.3, -0.25) is 4.79 Å². The number of primary amides is 1. The van der Waals surface area contributed by atoms with E-state index in [2.05, 4.69) is 11.7 Å². The molecule has 1 atom stereocenters. The number of aromatic nitrogens is 2. The molecule has 0 saturated carbocycles. The van der Waals surface area contributed by atoms with Crippen molar-refractivity contribution in [2.45, 2.75) is 33.1 Å². The smallest absolute Gasteiger partial charge is 0.223 e. The number of hydrogen-bond donors (Lipinski definition) is 1. The molecule has 3 aromatic rings. The molecule has 27 heavy (non-hydrogen) atoms. The molecule has 0 fully saturated rings. The Morgan fingerprint density at radius 2 is 1.93 bits per heavy atom. The number of nitrogens with two attached hydrogens (primary N) is 1. The number of rotatable bonds is 6. The number of fused-ring (bicyclic) bond motifs is 1. The molecule has 1 heterocycles. The summed E-state index contributed by atoms with van der Waals surface area (Å²) >= 11 is 0. The second kappa shape index (κ2) is 6.99. The van der Waals surface area contributed by atoms with Gasteiger partial charge in [-0.25, -0.2) is 9.07 Å². The normalized spacial score (nSPS) is 12.9. The second-order valence-electron chi connectivity index (χ2n) is 7.65. The Kier molecular flexibility index (Phi) is 4.87. The van der Waals surface area contributed by atoms with Gasteiger partial charge in [0, 0.05) is 11.3 Å². The fraction of sp³-hybridized carbons (Fsp3) is 0.273. The highest BCUT2D eigenvalue weighted by Gasteiger charge is 2.36. The van der Waals surface area contributed by atoms with Crippen molar-refractivity contribution in [3.05, 3.63) is 72.2 Å². The monoisotopic (exact) mass is 365 g/mol. The molecule has 2 N–H and O–H groups in total. The van der Waals surface area contributed by atoms with Crippen LogP contribution in [0.25, 0.3) is 16.6 Å². The Morgan fingerprint density at radius 3 is 2.52 bits per heavy atom. The molecule has 0 aliphatic heterocycles. The molecule has 140 valence electrons. The summed E-state index contributed by atoms with van der Waals surface area (Å²) in [6, 6.07) is 12.2. The lowest BCUT2D eigenvalue weighted by Crippen LogP contribution is -2.37. The fourth-order valence-corrected chi connectivity index (χ4v) is 3.37. The Bertz CT molecular complexity index is 1000. The van der Waals surface area contributed by atoms with Crippen LogP contribution in [0.3, 0.4) is 0 Å². The van der Waals surface area contributed by atoms with Crippen molar-refractivity contribution < 1.29 is 9.18 Å². The van der Waals surface area contributed by atoms with Crippen molar-refractivity contribution in [1.82, 2.24) is 9.78 Å². The van der Waals surface area contributed by atoms with Crippen LogP contribution in [0.2, 0.25) is 0 Å². The molecule has 0 aliphatic carbocycles. The van der Waals surface area contributed by atoms with Crippen molar-refractivity contribution in [3.8, 4) is 5.69 Å². The van der Waals surface area contributed by atoms with E-state index in [0.29, 0.717) is 6.42 Å².